The van der Waals surface area contributed by atoms with Crippen LogP contribution in [0.3, 0.4) is 0 Å². The number of carbonyl (C=O) groups is 4. The number of rotatable bonds is 10. The molecule has 4 rings (SSSR count). The van der Waals surface area contributed by atoms with Crippen molar-refractivity contribution in [2.75, 3.05) is 26.1 Å². The Balaban J connectivity index is 1.34. The lowest BCUT2D eigenvalue weighted by Crippen LogP contribution is -2.43. The monoisotopic (exact) mass is 530 g/mol. The maximum Gasteiger partial charge on any atom is 0.407 e. The van der Waals surface area contributed by atoms with Crippen LogP contribution in [-0.2, 0) is 35.0 Å². The molecule has 0 bridgehead atoms. The summed E-state index contributed by atoms with van der Waals surface area (Å²) in [6, 6.07) is 21.9. The molecule has 0 spiro atoms. The molecule has 3 aromatic carbocycles. The highest BCUT2D eigenvalue weighted by atomic mass is 16.6. The third kappa shape index (κ3) is 6.81. The number of amides is 2. The van der Waals surface area contributed by atoms with Crippen LogP contribution >= 0.6 is 0 Å². The van der Waals surface area contributed by atoms with Crippen molar-refractivity contribution >= 4 is 29.6 Å². The predicted molar refractivity (Wildman–Crippen MR) is 144 cm³/mol. The molecule has 202 valence electrons. The number of methoxy groups -OCH3 is 2. The van der Waals surface area contributed by atoms with E-state index in [-0.39, 0.29) is 37.7 Å². The summed E-state index contributed by atoms with van der Waals surface area (Å²) in [5.41, 5.74) is 5.70. The average Bonchev–Trinajstić information content (AvgIpc) is 3.28. The SMILES string of the molecule is COC(=O)CCC(=O)Nc1ccc(C[C@H](NC(=O)OCC2c3ccccc3-c3ccccc32)C(=O)OC)cc1. The summed E-state index contributed by atoms with van der Waals surface area (Å²) in [5.74, 6) is -1.49. The van der Waals surface area contributed by atoms with E-state index in [0.717, 1.165) is 27.8 Å². The van der Waals surface area contributed by atoms with Gasteiger partial charge in [-0.05, 0) is 39.9 Å². The van der Waals surface area contributed by atoms with E-state index in [1.54, 1.807) is 24.3 Å². The number of alkyl carbamates (subject to hydrolysis) is 1. The van der Waals surface area contributed by atoms with Gasteiger partial charge in [0.2, 0.25) is 5.91 Å². The lowest BCUT2D eigenvalue weighted by Gasteiger charge is -2.19. The topological polar surface area (TPSA) is 120 Å². The molecule has 0 radical (unpaired) electrons. The van der Waals surface area contributed by atoms with E-state index in [4.69, 9.17) is 9.47 Å². The maximum atomic E-state index is 12.7. The van der Waals surface area contributed by atoms with E-state index in [2.05, 4.69) is 27.5 Å². The van der Waals surface area contributed by atoms with Crippen molar-refractivity contribution in [1.29, 1.82) is 0 Å². The van der Waals surface area contributed by atoms with Crippen LogP contribution in [0.2, 0.25) is 0 Å². The Morgan fingerprint density at radius 2 is 1.41 bits per heavy atom. The van der Waals surface area contributed by atoms with E-state index >= 15 is 0 Å². The normalized spacial score (nSPS) is 12.5. The van der Waals surface area contributed by atoms with E-state index in [9.17, 15) is 19.2 Å². The highest BCUT2D eigenvalue weighted by Gasteiger charge is 2.30. The van der Waals surface area contributed by atoms with Gasteiger partial charge in [0.25, 0.3) is 0 Å². The van der Waals surface area contributed by atoms with Crippen LogP contribution in [0.4, 0.5) is 10.5 Å². The summed E-state index contributed by atoms with van der Waals surface area (Å²) in [5, 5.41) is 5.32. The Morgan fingerprint density at radius 1 is 0.795 bits per heavy atom. The van der Waals surface area contributed by atoms with E-state index in [0.29, 0.717) is 5.69 Å². The smallest absolute Gasteiger partial charge is 0.407 e. The minimum absolute atomic E-state index is 0.00287. The molecule has 0 saturated heterocycles. The number of hydrogen-bond donors (Lipinski definition) is 2. The number of ether oxygens (including phenoxy) is 3. The Kier molecular flexibility index (Phi) is 8.94. The third-order valence-corrected chi connectivity index (χ3v) is 6.58. The molecule has 9 nitrogen and oxygen atoms in total. The first-order valence-electron chi connectivity index (χ1n) is 12.5. The number of nitrogens with one attached hydrogen (secondary N) is 2. The van der Waals surface area contributed by atoms with Crippen LogP contribution in [0.5, 0.6) is 0 Å². The molecule has 0 heterocycles. The van der Waals surface area contributed by atoms with Gasteiger partial charge in [-0.2, -0.15) is 0 Å². The zero-order chi connectivity index (χ0) is 27.8. The minimum atomic E-state index is -0.967. The summed E-state index contributed by atoms with van der Waals surface area (Å²) in [6.07, 6.45) is -0.569. The molecule has 1 aliphatic rings. The van der Waals surface area contributed by atoms with Crippen molar-refractivity contribution in [2.45, 2.75) is 31.2 Å². The summed E-state index contributed by atoms with van der Waals surface area (Å²) < 4.78 is 15.0. The van der Waals surface area contributed by atoms with Crippen molar-refractivity contribution in [3.8, 4) is 11.1 Å². The molecule has 9 heteroatoms. The first kappa shape index (κ1) is 27.4. The highest BCUT2D eigenvalue weighted by Crippen LogP contribution is 2.44. The average molecular weight is 531 g/mol. The Hall–Kier alpha value is -4.66. The van der Waals surface area contributed by atoms with Gasteiger partial charge in [0.15, 0.2) is 0 Å². The molecular weight excluding hydrogens is 500 g/mol. The third-order valence-electron chi connectivity index (χ3n) is 6.58. The van der Waals surface area contributed by atoms with Crippen LogP contribution < -0.4 is 10.6 Å². The predicted octanol–water partition coefficient (Wildman–Crippen LogP) is 4.20. The van der Waals surface area contributed by atoms with Crippen LogP contribution in [0, 0.1) is 0 Å². The van der Waals surface area contributed by atoms with Crippen molar-refractivity contribution in [3.63, 3.8) is 0 Å². The molecule has 2 N–H and O–H groups in total. The minimum Gasteiger partial charge on any atom is -0.469 e. The summed E-state index contributed by atoms with van der Waals surface area (Å²) >= 11 is 0. The van der Waals surface area contributed by atoms with Gasteiger partial charge in [-0.15, -0.1) is 0 Å². The fourth-order valence-corrected chi connectivity index (χ4v) is 4.62. The van der Waals surface area contributed by atoms with Gasteiger partial charge in [-0.1, -0.05) is 60.7 Å². The van der Waals surface area contributed by atoms with Gasteiger partial charge >= 0.3 is 18.0 Å². The van der Waals surface area contributed by atoms with Gasteiger partial charge < -0.3 is 24.8 Å². The van der Waals surface area contributed by atoms with Crippen LogP contribution in [0.25, 0.3) is 11.1 Å². The molecule has 0 unspecified atom stereocenters. The van der Waals surface area contributed by atoms with Crippen molar-refractivity contribution in [2.24, 2.45) is 0 Å². The number of carbonyl (C=O) groups excluding carboxylic acids is 4. The Bertz CT molecular complexity index is 1310. The quantitative estimate of drug-likeness (QED) is 0.298. The van der Waals surface area contributed by atoms with E-state index in [1.807, 2.05) is 36.4 Å². The molecular formula is C30H30N2O7. The standard InChI is InChI=1S/C30H30N2O7/c1-37-28(34)16-15-27(33)31-20-13-11-19(12-14-20)17-26(29(35)38-2)32-30(36)39-18-25-23-9-5-3-7-21(23)22-8-4-6-10-24(22)25/h3-14,25-26H,15-18H2,1-2H3,(H,31,33)(H,32,36)/t26-/m0/s1. The number of benzene rings is 3. The summed E-state index contributed by atoms with van der Waals surface area (Å²) in [7, 11) is 2.52. The van der Waals surface area contributed by atoms with Gasteiger partial charge in [-0.3, -0.25) is 9.59 Å². The molecule has 3 aromatic rings. The fourth-order valence-electron chi connectivity index (χ4n) is 4.62. The van der Waals surface area contributed by atoms with E-state index < -0.39 is 24.1 Å². The van der Waals surface area contributed by atoms with Gasteiger partial charge in [-0.25, -0.2) is 9.59 Å². The van der Waals surface area contributed by atoms with Crippen LogP contribution in [0.1, 0.15) is 35.4 Å². The van der Waals surface area contributed by atoms with Crippen molar-refractivity contribution in [3.05, 3.63) is 89.5 Å². The molecule has 1 atom stereocenters. The lowest BCUT2D eigenvalue weighted by molar-refractivity contribution is -0.143. The number of fused-ring (bicyclic) bond motifs is 3. The summed E-state index contributed by atoms with van der Waals surface area (Å²) in [4.78, 5) is 48.3. The highest BCUT2D eigenvalue weighted by molar-refractivity contribution is 5.92. The van der Waals surface area contributed by atoms with Gasteiger partial charge in [0, 0.05) is 24.4 Å². The Labute approximate surface area is 226 Å². The zero-order valence-corrected chi connectivity index (χ0v) is 21.8. The second-order valence-electron chi connectivity index (χ2n) is 9.07. The number of hydrogen-bond acceptors (Lipinski definition) is 7. The molecule has 2 amide bonds. The molecule has 1 aliphatic carbocycles. The van der Waals surface area contributed by atoms with Crippen molar-refractivity contribution < 1.29 is 33.4 Å². The first-order valence-corrected chi connectivity index (χ1v) is 12.5. The Morgan fingerprint density at radius 3 is 2.00 bits per heavy atom. The second kappa shape index (κ2) is 12.7. The number of esters is 2. The lowest BCUT2D eigenvalue weighted by atomic mass is 9.98. The molecule has 0 saturated carbocycles. The fraction of sp³-hybridized carbons (Fsp3) is 0.267. The van der Waals surface area contributed by atoms with Crippen LogP contribution in [0.15, 0.2) is 72.8 Å². The summed E-state index contributed by atoms with van der Waals surface area (Å²) in [6.45, 7) is 0.123. The van der Waals surface area contributed by atoms with Gasteiger partial charge in [0.05, 0.1) is 20.6 Å². The second-order valence-corrected chi connectivity index (χ2v) is 9.07. The van der Waals surface area contributed by atoms with Crippen LogP contribution in [-0.4, -0.2) is 50.8 Å². The van der Waals surface area contributed by atoms with Crippen molar-refractivity contribution in [1.82, 2.24) is 5.32 Å². The molecule has 0 aliphatic heterocycles. The largest absolute Gasteiger partial charge is 0.469 e. The maximum absolute atomic E-state index is 12.7. The van der Waals surface area contributed by atoms with E-state index in [1.165, 1.54) is 14.2 Å². The zero-order valence-electron chi connectivity index (χ0n) is 21.8. The molecule has 0 fully saturated rings. The number of anilines is 1. The van der Waals surface area contributed by atoms with Gasteiger partial charge in [0.1, 0.15) is 12.6 Å². The molecule has 39 heavy (non-hydrogen) atoms. The molecule has 0 aromatic heterocycles. The first-order chi connectivity index (χ1) is 18.9.